The molecule has 0 unspecified atom stereocenters. The third-order valence-electron chi connectivity index (χ3n) is 6.80. The third kappa shape index (κ3) is 4.09. The number of benzene rings is 2. The molecule has 0 atom stereocenters. The zero-order valence-corrected chi connectivity index (χ0v) is 19.1. The van der Waals surface area contributed by atoms with Crippen molar-refractivity contribution in [3.8, 4) is 0 Å². The highest BCUT2D eigenvalue weighted by atomic mass is 32.2. The Bertz CT molecular complexity index is 1340. The summed E-state index contributed by atoms with van der Waals surface area (Å²) in [5, 5.41) is 1.11. The second-order valence-electron chi connectivity index (χ2n) is 8.84. The first-order valence-corrected chi connectivity index (χ1v) is 12.6. The zero-order chi connectivity index (χ0) is 24.1. The number of piperidine rings is 1. The van der Waals surface area contributed by atoms with Crippen LogP contribution in [0.3, 0.4) is 0 Å². The molecule has 1 amide bonds. The lowest BCUT2D eigenvalue weighted by Crippen LogP contribution is -2.45. The van der Waals surface area contributed by atoms with E-state index in [1.165, 1.54) is 10.4 Å². The molecule has 180 valence electrons. The zero-order valence-electron chi connectivity index (χ0n) is 18.3. The van der Waals surface area contributed by atoms with Crippen LogP contribution < -0.4 is 0 Å². The van der Waals surface area contributed by atoms with E-state index in [4.69, 9.17) is 0 Å². The Balaban J connectivity index is 1.26. The fourth-order valence-corrected chi connectivity index (χ4v) is 6.45. The molecule has 1 aromatic heterocycles. The molecule has 0 bridgehead atoms. The van der Waals surface area contributed by atoms with E-state index in [-0.39, 0.29) is 29.8 Å². The van der Waals surface area contributed by atoms with Gasteiger partial charge in [-0.15, -0.1) is 0 Å². The number of para-hydroxylation sites is 1. The highest BCUT2D eigenvalue weighted by Crippen LogP contribution is 2.33. The highest BCUT2D eigenvalue weighted by Gasteiger charge is 2.37. The standard InChI is InChI=1S/C24H24F3N3O3S/c25-24(26,27)17-4-3-5-18(14-17)34(32,33)30-12-8-16(9-13-30)23(31)29-11-10-22-20(15-29)19-6-1-2-7-21(19)28-22/h1-7,14,16,28H,8-13,15H2. The number of aromatic amines is 1. The van der Waals surface area contributed by atoms with Gasteiger partial charge in [0.25, 0.3) is 0 Å². The van der Waals surface area contributed by atoms with Crippen LogP contribution in [-0.4, -0.2) is 48.1 Å². The first-order chi connectivity index (χ1) is 16.1. The molecule has 6 nitrogen and oxygen atoms in total. The lowest BCUT2D eigenvalue weighted by atomic mass is 9.95. The number of carbonyl (C=O) groups is 1. The molecule has 5 rings (SSSR count). The summed E-state index contributed by atoms with van der Waals surface area (Å²) in [4.78, 5) is 18.1. The molecule has 3 aromatic rings. The number of sulfonamides is 1. The lowest BCUT2D eigenvalue weighted by Gasteiger charge is -2.35. The van der Waals surface area contributed by atoms with Crippen LogP contribution in [0.25, 0.3) is 10.9 Å². The van der Waals surface area contributed by atoms with Gasteiger partial charge < -0.3 is 9.88 Å². The number of hydrogen-bond donors (Lipinski definition) is 1. The normalized spacial score (nSPS) is 18.3. The van der Waals surface area contributed by atoms with Gasteiger partial charge in [-0.2, -0.15) is 17.5 Å². The van der Waals surface area contributed by atoms with E-state index in [0.29, 0.717) is 32.0 Å². The highest BCUT2D eigenvalue weighted by molar-refractivity contribution is 7.89. The van der Waals surface area contributed by atoms with Gasteiger partial charge in [0.05, 0.1) is 10.5 Å². The number of nitrogens with one attached hydrogen (secondary N) is 1. The van der Waals surface area contributed by atoms with Crippen molar-refractivity contribution in [2.45, 2.75) is 36.9 Å². The van der Waals surface area contributed by atoms with Crippen molar-refractivity contribution in [2.75, 3.05) is 19.6 Å². The minimum absolute atomic E-state index is 0.00653. The SMILES string of the molecule is O=C(C1CCN(S(=O)(=O)c2cccc(C(F)(F)F)c2)CC1)N1CCc2[nH]c3ccccc3c2C1. The predicted octanol–water partition coefficient (Wildman–Crippen LogP) is 4.17. The van der Waals surface area contributed by atoms with Crippen LogP contribution in [0.1, 0.15) is 29.7 Å². The molecule has 3 heterocycles. The van der Waals surface area contributed by atoms with Crippen LogP contribution in [0.5, 0.6) is 0 Å². The van der Waals surface area contributed by atoms with Crippen molar-refractivity contribution in [1.29, 1.82) is 0 Å². The average molecular weight is 492 g/mol. The first kappa shape index (κ1) is 22.9. The van der Waals surface area contributed by atoms with Crippen molar-refractivity contribution >= 4 is 26.8 Å². The van der Waals surface area contributed by atoms with Crippen LogP contribution in [0, 0.1) is 5.92 Å². The van der Waals surface area contributed by atoms with E-state index in [1.807, 2.05) is 29.2 Å². The van der Waals surface area contributed by atoms with Crippen LogP contribution in [-0.2, 0) is 34.0 Å². The van der Waals surface area contributed by atoms with Gasteiger partial charge >= 0.3 is 6.18 Å². The van der Waals surface area contributed by atoms with Crippen molar-refractivity contribution in [3.63, 3.8) is 0 Å². The number of alkyl halides is 3. The Labute approximate surface area is 195 Å². The van der Waals surface area contributed by atoms with Gasteiger partial charge in [0.15, 0.2) is 0 Å². The Morgan fingerprint density at radius 1 is 1.00 bits per heavy atom. The van der Waals surface area contributed by atoms with Crippen molar-refractivity contribution in [2.24, 2.45) is 5.92 Å². The molecule has 2 aliphatic rings. The van der Waals surface area contributed by atoms with E-state index in [9.17, 15) is 26.4 Å². The molecule has 0 aliphatic carbocycles. The molecule has 1 fully saturated rings. The number of rotatable bonds is 3. The predicted molar refractivity (Wildman–Crippen MR) is 120 cm³/mol. The lowest BCUT2D eigenvalue weighted by molar-refractivity contribution is -0.138. The summed E-state index contributed by atoms with van der Waals surface area (Å²) >= 11 is 0. The van der Waals surface area contributed by atoms with Gasteiger partial charge in [-0.05, 0) is 37.1 Å². The van der Waals surface area contributed by atoms with Gasteiger partial charge in [0.2, 0.25) is 15.9 Å². The molecule has 1 N–H and O–H groups in total. The molecule has 10 heteroatoms. The van der Waals surface area contributed by atoms with Crippen LogP contribution in [0.2, 0.25) is 0 Å². The number of halogens is 3. The van der Waals surface area contributed by atoms with Crippen LogP contribution >= 0.6 is 0 Å². The molecule has 0 spiro atoms. The molecular weight excluding hydrogens is 467 g/mol. The number of nitrogens with zero attached hydrogens (tertiary/aromatic N) is 2. The topological polar surface area (TPSA) is 73.5 Å². The number of carbonyl (C=O) groups excluding carboxylic acids is 1. The van der Waals surface area contributed by atoms with E-state index in [0.717, 1.165) is 40.7 Å². The summed E-state index contributed by atoms with van der Waals surface area (Å²) in [7, 11) is -4.07. The van der Waals surface area contributed by atoms with E-state index in [1.54, 1.807) is 0 Å². The average Bonchev–Trinajstić information content (AvgIpc) is 3.21. The van der Waals surface area contributed by atoms with Crippen molar-refractivity contribution < 1.29 is 26.4 Å². The minimum atomic E-state index is -4.62. The molecule has 2 aromatic carbocycles. The number of aromatic nitrogens is 1. The van der Waals surface area contributed by atoms with Crippen LogP contribution in [0.4, 0.5) is 13.2 Å². The molecule has 1 saturated heterocycles. The summed E-state index contributed by atoms with van der Waals surface area (Å²) < 4.78 is 66.1. The maximum absolute atomic E-state index is 13.2. The summed E-state index contributed by atoms with van der Waals surface area (Å²) in [5.41, 5.74) is 2.32. The third-order valence-corrected chi connectivity index (χ3v) is 8.69. The number of H-pyrrole nitrogens is 1. The number of fused-ring (bicyclic) bond motifs is 3. The Morgan fingerprint density at radius 3 is 2.47 bits per heavy atom. The quantitative estimate of drug-likeness (QED) is 0.598. The summed E-state index contributed by atoms with van der Waals surface area (Å²) in [5.74, 6) is -0.299. The fourth-order valence-electron chi connectivity index (χ4n) is 4.94. The van der Waals surface area contributed by atoms with Crippen molar-refractivity contribution in [3.05, 3.63) is 65.4 Å². The monoisotopic (exact) mass is 491 g/mol. The molecular formula is C24H24F3N3O3S. The van der Waals surface area contributed by atoms with Gasteiger partial charge in [0, 0.05) is 60.7 Å². The summed E-state index contributed by atoms with van der Waals surface area (Å²) in [6.07, 6.45) is -3.20. The van der Waals surface area contributed by atoms with Gasteiger partial charge in [-0.1, -0.05) is 24.3 Å². The largest absolute Gasteiger partial charge is 0.416 e. The molecule has 2 aliphatic heterocycles. The minimum Gasteiger partial charge on any atom is -0.358 e. The summed E-state index contributed by atoms with van der Waals surface area (Å²) in [6.45, 7) is 1.31. The van der Waals surface area contributed by atoms with Crippen molar-refractivity contribution in [1.82, 2.24) is 14.2 Å². The molecule has 0 saturated carbocycles. The maximum Gasteiger partial charge on any atom is 0.416 e. The van der Waals surface area contributed by atoms with E-state index < -0.39 is 21.8 Å². The summed E-state index contributed by atoms with van der Waals surface area (Å²) in [6, 6.07) is 11.8. The Hall–Kier alpha value is -2.85. The van der Waals surface area contributed by atoms with Gasteiger partial charge in [-0.3, -0.25) is 4.79 Å². The van der Waals surface area contributed by atoms with E-state index in [2.05, 4.69) is 4.98 Å². The number of amides is 1. The van der Waals surface area contributed by atoms with Gasteiger partial charge in [0.1, 0.15) is 0 Å². The smallest absolute Gasteiger partial charge is 0.358 e. The van der Waals surface area contributed by atoms with Crippen LogP contribution in [0.15, 0.2) is 53.4 Å². The Kier molecular flexibility index (Phi) is 5.68. The van der Waals surface area contributed by atoms with E-state index >= 15 is 0 Å². The second kappa shape index (κ2) is 8.42. The fraction of sp³-hybridized carbons (Fsp3) is 0.375. The Morgan fingerprint density at radius 2 is 1.74 bits per heavy atom. The molecule has 0 radical (unpaired) electrons. The maximum atomic E-state index is 13.2. The first-order valence-electron chi connectivity index (χ1n) is 11.2. The number of hydrogen-bond acceptors (Lipinski definition) is 3. The van der Waals surface area contributed by atoms with Gasteiger partial charge in [-0.25, -0.2) is 8.42 Å². The molecule has 34 heavy (non-hydrogen) atoms. The second-order valence-corrected chi connectivity index (χ2v) is 10.8.